The van der Waals surface area contributed by atoms with Gasteiger partial charge in [-0.3, -0.25) is 0 Å². The normalized spacial score (nSPS) is 10.3. The van der Waals surface area contributed by atoms with E-state index in [1.807, 2.05) is 30.3 Å². The van der Waals surface area contributed by atoms with Crippen LogP contribution in [0.25, 0.3) is 10.8 Å². The second-order valence-electron chi connectivity index (χ2n) is 4.51. The largest absolute Gasteiger partial charge is 0.467 e. The summed E-state index contributed by atoms with van der Waals surface area (Å²) in [7, 11) is 2.79. The van der Waals surface area contributed by atoms with Gasteiger partial charge in [-0.05, 0) is 16.8 Å². The van der Waals surface area contributed by atoms with Gasteiger partial charge in [-0.1, -0.05) is 36.4 Å². The number of nitrogens with zero attached hydrogens (tertiary/aromatic N) is 3. The van der Waals surface area contributed by atoms with Crippen molar-refractivity contribution in [1.82, 2.24) is 15.0 Å². The molecule has 1 heterocycles. The molecule has 0 unspecified atom stereocenters. The summed E-state index contributed by atoms with van der Waals surface area (Å²) in [5, 5.41) is 1.72. The zero-order valence-electron chi connectivity index (χ0n) is 12.5. The van der Waals surface area contributed by atoms with E-state index in [0.717, 1.165) is 10.8 Å². The van der Waals surface area contributed by atoms with E-state index in [2.05, 4.69) is 15.0 Å². The summed E-state index contributed by atoms with van der Waals surface area (Å²) in [6.45, 7) is 0. The minimum atomic E-state index is -0.572. The van der Waals surface area contributed by atoms with Gasteiger partial charge in [0.1, 0.15) is 0 Å². The fourth-order valence-corrected chi connectivity index (χ4v) is 2.09. The molecule has 3 aromatic rings. The lowest BCUT2D eigenvalue weighted by atomic mass is 10.1. The highest BCUT2D eigenvalue weighted by Crippen LogP contribution is 2.21. The number of carbonyl (C=O) groups is 1. The summed E-state index contributed by atoms with van der Waals surface area (Å²) in [6, 6.07) is 12.7. The quantitative estimate of drug-likeness (QED) is 0.683. The molecule has 3 rings (SSSR count). The molecule has 1 aromatic heterocycles. The number of ether oxygens (including phenoxy) is 3. The van der Waals surface area contributed by atoms with Crippen LogP contribution in [0.15, 0.2) is 42.5 Å². The monoisotopic (exact) mass is 311 g/mol. The van der Waals surface area contributed by atoms with Crippen molar-refractivity contribution >= 4 is 16.7 Å². The molecule has 0 fully saturated rings. The summed E-state index contributed by atoms with van der Waals surface area (Å²) >= 11 is 0. The fourth-order valence-electron chi connectivity index (χ4n) is 2.09. The van der Waals surface area contributed by atoms with Gasteiger partial charge in [0.2, 0.25) is 0 Å². The van der Waals surface area contributed by atoms with Crippen LogP contribution in [0.3, 0.4) is 0 Å². The number of hydrogen-bond acceptors (Lipinski definition) is 7. The Kier molecular flexibility index (Phi) is 4.01. The third-order valence-corrected chi connectivity index (χ3v) is 3.13. The number of rotatable bonds is 4. The molecule has 116 valence electrons. The molecule has 0 saturated heterocycles. The Balaban J connectivity index is 1.95. The van der Waals surface area contributed by atoms with Crippen molar-refractivity contribution in [1.29, 1.82) is 0 Å². The molecule has 0 radical (unpaired) electrons. The van der Waals surface area contributed by atoms with Gasteiger partial charge in [-0.2, -0.15) is 0 Å². The smallest absolute Gasteiger partial charge is 0.346 e. The highest BCUT2D eigenvalue weighted by atomic mass is 16.6. The minimum absolute atomic E-state index is 0.00225. The molecule has 0 amide bonds. The van der Waals surface area contributed by atoms with Crippen molar-refractivity contribution in [3.8, 4) is 18.0 Å². The van der Waals surface area contributed by atoms with Crippen LogP contribution in [0.2, 0.25) is 0 Å². The number of methoxy groups -OCH3 is 2. The van der Waals surface area contributed by atoms with Crippen molar-refractivity contribution in [2.24, 2.45) is 0 Å². The number of benzene rings is 2. The van der Waals surface area contributed by atoms with Gasteiger partial charge in [0.25, 0.3) is 0 Å². The highest BCUT2D eigenvalue weighted by molar-refractivity contribution is 6.05. The second kappa shape index (κ2) is 6.27. The Morgan fingerprint density at radius 1 is 0.826 bits per heavy atom. The molecule has 7 heteroatoms. The van der Waals surface area contributed by atoms with Crippen LogP contribution in [0.4, 0.5) is 0 Å². The zero-order chi connectivity index (χ0) is 16.2. The average molecular weight is 311 g/mol. The van der Waals surface area contributed by atoms with Crippen LogP contribution in [-0.2, 0) is 0 Å². The van der Waals surface area contributed by atoms with Crippen molar-refractivity contribution in [2.75, 3.05) is 14.2 Å². The summed E-state index contributed by atoms with van der Waals surface area (Å²) in [5.74, 6) is -0.572. The van der Waals surface area contributed by atoms with Crippen LogP contribution < -0.4 is 14.2 Å². The first-order valence-corrected chi connectivity index (χ1v) is 6.75. The van der Waals surface area contributed by atoms with Gasteiger partial charge in [0.15, 0.2) is 0 Å². The van der Waals surface area contributed by atoms with Crippen molar-refractivity contribution < 1.29 is 19.0 Å². The van der Waals surface area contributed by atoms with Crippen molar-refractivity contribution in [3.05, 3.63) is 48.0 Å². The van der Waals surface area contributed by atoms with Crippen LogP contribution >= 0.6 is 0 Å². The molecule has 0 saturated carbocycles. The van der Waals surface area contributed by atoms with Crippen molar-refractivity contribution in [3.63, 3.8) is 0 Å². The van der Waals surface area contributed by atoms with Crippen LogP contribution in [-0.4, -0.2) is 35.1 Å². The maximum atomic E-state index is 12.4. The van der Waals surface area contributed by atoms with E-state index in [4.69, 9.17) is 14.2 Å². The Morgan fingerprint density at radius 3 is 2.13 bits per heavy atom. The molecular weight excluding hydrogens is 298 g/mol. The Morgan fingerprint density at radius 2 is 1.43 bits per heavy atom. The molecule has 0 aliphatic rings. The lowest BCUT2D eigenvalue weighted by Crippen LogP contribution is -2.12. The first-order chi connectivity index (χ1) is 11.2. The predicted octanol–water partition coefficient (Wildman–Crippen LogP) is 2.26. The standard InChI is InChI=1S/C16H13N3O4/c1-21-14-17-15(22-2)19-16(18-14)23-13(20)12-9-5-7-10-6-3-4-8-11(10)12/h3-9H,1-2H3. The molecule has 0 N–H and O–H groups in total. The van der Waals surface area contributed by atoms with E-state index in [1.165, 1.54) is 14.2 Å². The van der Waals surface area contributed by atoms with Crippen LogP contribution in [0, 0.1) is 0 Å². The number of carbonyl (C=O) groups excluding carboxylic acids is 1. The SMILES string of the molecule is COc1nc(OC)nc(OC(=O)c2cccc3ccccc23)n1. The lowest BCUT2D eigenvalue weighted by molar-refractivity contribution is 0.0718. The van der Waals surface area contributed by atoms with Crippen LogP contribution in [0.1, 0.15) is 10.4 Å². The third-order valence-electron chi connectivity index (χ3n) is 3.13. The summed E-state index contributed by atoms with van der Waals surface area (Å²) in [6.07, 6.45) is 0. The maximum Gasteiger partial charge on any atom is 0.346 e. The molecule has 0 aliphatic carbocycles. The Hall–Kier alpha value is -3.22. The fraction of sp³-hybridized carbons (Fsp3) is 0.125. The van der Waals surface area contributed by atoms with E-state index in [-0.39, 0.29) is 18.0 Å². The molecular formula is C16H13N3O4. The summed E-state index contributed by atoms with van der Waals surface area (Å²) in [4.78, 5) is 24.0. The second-order valence-corrected chi connectivity index (χ2v) is 4.51. The van der Waals surface area contributed by atoms with Gasteiger partial charge in [-0.15, -0.1) is 15.0 Å². The third kappa shape index (κ3) is 3.03. The molecule has 0 aliphatic heterocycles. The molecule has 0 atom stereocenters. The molecule has 2 aromatic carbocycles. The Bertz CT molecular complexity index is 839. The highest BCUT2D eigenvalue weighted by Gasteiger charge is 2.16. The first-order valence-electron chi connectivity index (χ1n) is 6.75. The number of fused-ring (bicyclic) bond motifs is 1. The predicted molar refractivity (Wildman–Crippen MR) is 81.8 cm³/mol. The molecule has 0 spiro atoms. The Labute approximate surface area is 131 Å². The molecule has 23 heavy (non-hydrogen) atoms. The number of aromatic nitrogens is 3. The van der Waals surface area contributed by atoms with Gasteiger partial charge in [0, 0.05) is 0 Å². The van der Waals surface area contributed by atoms with Crippen LogP contribution in [0.5, 0.6) is 18.0 Å². The van der Waals surface area contributed by atoms with Gasteiger partial charge >= 0.3 is 24.0 Å². The van der Waals surface area contributed by atoms with E-state index >= 15 is 0 Å². The number of esters is 1. The van der Waals surface area contributed by atoms with E-state index in [0.29, 0.717) is 5.56 Å². The van der Waals surface area contributed by atoms with E-state index < -0.39 is 5.97 Å². The van der Waals surface area contributed by atoms with E-state index in [9.17, 15) is 4.79 Å². The summed E-state index contributed by atoms with van der Waals surface area (Å²) in [5.41, 5.74) is 0.418. The molecule has 0 bridgehead atoms. The zero-order valence-corrected chi connectivity index (χ0v) is 12.5. The average Bonchev–Trinajstić information content (AvgIpc) is 2.60. The van der Waals surface area contributed by atoms with Gasteiger partial charge in [-0.25, -0.2) is 4.79 Å². The first kappa shape index (κ1) is 14.7. The maximum absolute atomic E-state index is 12.4. The van der Waals surface area contributed by atoms with E-state index in [1.54, 1.807) is 12.1 Å². The minimum Gasteiger partial charge on any atom is -0.467 e. The number of hydrogen-bond donors (Lipinski definition) is 0. The summed E-state index contributed by atoms with van der Waals surface area (Å²) < 4.78 is 15.1. The molecule has 7 nitrogen and oxygen atoms in total. The topological polar surface area (TPSA) is 83.4 Å². The lowest BCUT2D eigenvalue weighted by Gasteiger charge is -2.07. The van der Waals surface area contributed by atoms with Crippen molar-refractivity contribution in [2.45, 2.75) is 0 Å². The van der Waals surface area contributed by atoms with Gasteiger partial charge < -0.3 is 14.2 Å². The van der Waals surface area contributed by atoms with Gasteiger partial charge in [0.05, 0.1) is 19.8 Å².